The van der Waals surface area contributed by atoms with Crippen molar-refractivity contribution in [1.29, 1.82) is 0 Å². The minimum absolute atomic E-state index is 0.0299. The normalized spacial score (nSPS) is 16.2. The molecule has 0 rings (SSSR count). The fourth-order valence-corrected chi connectivity index (χ4v) is 5.15. The number of aldehydes is 1. The first-order valence-electron chi connectivity index (χ1n) is 7.26. The van der Waals surface area contributed by atoms with E-state index >= 15 is 0 Å². The van der Waals surface area contributed by atoms with Crippen LogP contribution in [0, 0.1) is 11.8 Å². The molecule has 0 aromatic heterocycles. The summed E-state index contributed by atoms with van der Waals surface area (Å²) in [6.45, 7) is 12.8. The summed E-state index contributed by atoms with van der Waals surface area (Å²) in [5.74, 6) is 0.290. The Labute approximate surface area is 114 Å². The van der Waals surface area contributed by atoms with E-state index in [1.54, 1.807) is 0 Å². The van der Waals surface area contributed by atoms with Gasteiger partial charge in [-0.05, 0) is 31.0 Å². The van der Waals surface area contributed by atoms with Crippen LogP contribution in [-0.2, 0) is 9.22 Å². The molecule has 0 bridgehead atoms. The maximum Gasteiger partial charge on any atom is 0.192 e. The lowest BCUT2D eigenvalue weighted by molar-refractivity contribution is -0.114. The zero-order chi connectivity index (χ0) is 14.2. The van der Waals surface area contributed by atoms with Gasteiger partial charge in [-0.3, -0.25) is 0 Å². The van der Waals surface area contributed by atoms with Crippen LogP contribution in [0.1, 0.15) is 41.5 Å². The summed E-state index contributed by atoms with van der Waals surface area (Å²) < 4.78 is 6.46. The van der Waals surface area contributed by atoms with E-state index in [0.29, 0.717) is 5.92 Å². The van der Waals surface area contributed by atoms with Crippen LogP contribution < -0.4 is 0 Å². The lowest BCUT2D eigenvalue weighted by atomic mass is 9.91. The summed E-state index contributed by atoms with van der Waals surface area (Å²) >= 11 is 0. The molecule has 0 aromatic carbocycles. The van der Waals surface area contributed by atoms with Crippen molar-refractivity contribution in [3.05, 3.63) is 12.2 Å². The molecule has 106 valence electrons. The number of hydrogen-bond acceptors (Lipinski definition) is 2. The van der Waals surface area contributed by atoms with Crippen LogP contribution in [0.3, 0.4) is 0 Å². The predicted octanol–water partition coefficient (Wildman–Crippen LogP) is 4.42. The summed E-state index contributed by atoms with van der Waals surface area (Å²) in [5.41, 5.74) is 0. The summed E-state index contributed by atoms with van der Waals surface area (Å²) in [5, 5.41) is 0. The third-order valence-electron chi connectivity index (χ3n) is 4.01. The van der Waals surface area contributed by atoms with Gasteiger partial charge in [0, 0.05) is 5.92 Å². The van der Waals surface area contributed by atoms with Gasteiger partial charge in [0.15, 0.2) is 8.32 Å². The Bertz CT molecular complexity index is 249. The summed E-state index contributed by atoms with van der Waals surface area (Å²) in [7, 11) is -1.65. The second kappa shape index (κ2) is 8.65. The molecule has 0 aliphatic carbocycles. The maximum atomic E-state index is 11.3. The lowest BCUT2D eigenvalue weighted by Crippen LogP contribution is -2.43. The molecule has 0 saturated heterocycles. The Balaban J connectivity index is 5.06. The highest BCUT2D eigenvalue weighted by Gasteiger charge is 2.34. The van der Waals surface area contributed by atoms with E-state index in [1.165, 1.54) is 0 Å². The van der Waals surface area contributed by atoms with Gasteiger partial charge in [0.1, 0.15) is 6.29 Å². The lowest BCUT2D eigenvalue weighted by Gasteiger charge is -2.35. The van der Waals surface area contributed by atoms with E-state index in [-0.39, 0.29) is 12.0 Å². The molecule has 0 aliphatic heterocycles. The average Bonchev–Trinajstić information content (AvgIpc) is 2.36. The van der Waals surface area contributed by atoms with Crippen LogP contribution in [0.4, 0.5) is 0 Å². The largest absolute Gasteiger partial charge is 0.410 e. The molecule has 0 aliphatic rings. The Morgan fingerprint density at radius 3 is 1.89 bits per heavy atom. The molecular formula is C15H30O2Si. The zero-order valence-corrected chi connectivity index (χ0v) is 13.9. The molecule has 18 heavy (non-hydrogen) atoms. The molecule has 0 heterocycles. The SMILES string of the molecule is C/C=C/[C@@H](O[Si](CC)(CC)CC)[C@@H](C=O)C(C)C. The number of carbonyl (C=O) groups is 1. The van der Waals surface area contributed by atoms with Crippen molar-refractivity contribution in [2.75, 3.05) is 0 Å². The number of hydrogen-bond donors (Lipinski definition) is 0. The van der Waals surface area contributed by atoms with E-state index in [9.17, 15) is 4.79 Å². The van der Waals surface area contributed by atoms with E-state index in [2.05, 4.69) is 40.7 Å². The van der Waals surface area contributed by atoms with Crippen molar-refractivity contribution in [3.8, 4) is 0 Å². The van der Waals surface area contributed by atoms with Gasteiger partial charge in [0.25, 0.3) is 0 Å². The molecule has 0 amide bonds. The first kappa shape index (κ1) is 17.6. The number of allylic oxidation sites excluding steroid dienone is 1. The van der Waals surface area contributed by atoms with Gasteiger partial charge >= 0.3 is 0 Å². The van der Waals surface area contributed by atoms with Crippen molar-refractivity contribution in [2.45, 2.75) is 65.8 Å². The first-order valence-corrected chi connectivity index (χ1v) is 9.79. The maximum absolute atomic E-state index is 11.3. The van der Waals surface area contributed by atoms with Gasteiger partial charge in [-0.25, -0.2) is 0 Å². The highest BCUT2D eigenvalue weighted by molar-refractivity contribution is 6.73. The zero-order valence-electron chi connectivity index (χ0n) is 12.9. The molecule has 0 unspecified atom stereocenters. The summed E-state index contributed by atoms with van der Waals surface area (Å²) in [4.78, 5) is 11.3. The van der Waals surface area contributed by atoms with Crippen molar-refractivity contribution in [1.82, 2.24) is 0 Å². The van der Waals surface area contributed by atoms with Crippen molar-refractivity contribution in [2.24, 2.45) is 11.8 Å². The third kappa shape index (κ3) is 4.69. The first-order chi connectivity index (χ1) is 8.50. The summed E-state index contributed by atoms with van der Waals surface area (Å²) in [6, 6.07) is 3.37. The quantitative estimate of drug-likeness (QED) is 0.352. The fourth-order valence-electron chi connectivity index (χ4n) is 2.34. The minimum atomic E-state index is -1.65. The monoisotopic (exact) mass is 270 g/mol. The molecule has 0 spiro atoms. The highest BCUT2D eigenvalue weighted by atomic mass is 28.4. The molecule has 0 aromatic rings. The van der Waals surface area contributed by atoms with Crippen LogP contribution in [0.5, 0.6) is 0 Å². The Morgan fingerprint density at radius 2 is 1.61 bits per heavy atom. The van der Waals surface area contributed by atoms with Gasteiger partial charge in [-0.2, -0.15) is 0 Å². The van der Waals surface area contributed by atoms with Crippen molar-refractivity contribution >= 4 is 14.6 Å². The Kier molecular flexibility index (Phi) is 8.45. The highest BCUT2D eigenvalue weighted by Crippen LogP contribution is 2.28. The van der Waals surface area contributed by atoms with E-state index in [4.69, 9.17) is 4.43 Å². The molecule has 2 nitrogen and oxygen atoms in total. The van der Waals surface area contributed by atoms with Crippen molar-refractivity contribution < 1.29 is 9.22 Å². The van der Waals surface area contributed by atoms with Gasteiger partial charge < -0.3 is 9.22 Å². The standard InChI is InChI=1S/C15H30O2Si/c1-7-11-15(14(12-16)13(5)6)17-18(8-2,9-3)10-4/h7,11-15H,8-10H2,1-6H3/b11-7+/t14-,15+/m0/s1. The average molecular weight is 270 g/mol. The Morgan fingerprint density at radius 1 is 1.11 bits per heavy atom. The van der Waals surface area contributed by atoms with Crippen LogP contribution >= 0.6 is 0 Å². The summed E-state index contributed by atoms with van der Waals surface area (Å²) in [6.07, 6.45) is 5.08. The van der Waals surface area contributed by atoms with Gasteiger partial charge in [0.2, 0.25) is 0 Å². The predicted molar refractivity (Wildman–Crippen MR) is 81.3 cm³/mol. The van der Waals surface area contributed by atoms with E-state index in [1.807, 2.05) is 13.0 Å². The van der Waals surface area contributed by atoms with Crippen molar-refractivity contribution in [3.63, 3.8) is 0 Å². The van der Waals surface area contributed by atoms with Crippen LogP contribution in [0.15, 0.2) is 12.2 Å². The van der Waals surface area contributed by atoms with Crippen LogP contribution in [0.25, 0.3) is 0 Å². The van der Waals surface area contributed by atoms with Gasteiger partial charge in [0.05, 0.1) is 6.10 Å². The number of rotatable bonds is 9. The van der Waals surface area contributed by atoms with Crippen LogP contribution in [-0.4, -0.2) is 20.7 Å². The smallest absolute Gasteiger partial charge is 0.192 e. The molecule has 0 radical (unpaired) electrons. The van der Waals surface area contributed by atoms with E-state index in [0.717, 1.165) is 24.4 Å². The fraction of sp³-hybridized carbons (Fsp3) is 0.800. The van der Waals surface area contributed by atoms with Crippen LogP contribution in [0.2, 0.25) is 18.1 Å². The molecule has 3 heteroatoms. The second-order valence-electron chi connectivity index (χ2n) is 5.31. The Hall–Kier alpha value is -0.413. The number of carbonyl (C=O) groups excluding carboxylic acids is 1. The third-order valence-corrected chi connectivity index (χ3v) is 8.65. The minimum Gasteiger partial charge on any atom is -0.410 e. The van der Waals surface area contributed by atoms with Gasteiger partial charge in [-0.15, -0.1) is 0 Å². The molecular weight excluding hydrogens is 240 g/mol. The second-order valence-corrected chi connectivity index (χ2v) is 10.0. The molecule has 0 N–H and O–H groups in total. The van der Waals surface area contributed by atoms with Gasteiger partial charge in [-0.1, -0.05) is 46.8 Å². The molecule has 0 fully saturated rings. The molecule has 0 saturated carbocycles. The molecule has 2 atom stereocenters. The topological polar surface area (TPSA) is 26.3 Å². The van der Waals surface area contributed by atoms with E-state index < -0.39 is 8.32 Å².